The highest BCUT2D eigenvalue weighted by Gasteiger charge is 1.99. The third-order valence-corrected chi connectivity index (χ3v) is 2.18. The second kappa shape index (κ2) is 7.52. The third kappa shape index (κ3) is 5.51. The minimum absolute atomic E-state index is 0.0680. The van der Waals surface area contributed by atoms with E-state index in [0.29, 0.717) is 5.56 Å². The first-order valence-electron chi connectivity index (χ1n) is 5.25. The SMILES string of the molecule is O=C(/C=C/c1ccc(F)cc1)NC(=S)NCCO. The molecular weight excluding hydrogens is 255 g/mol. The Balaban J connectivity index is 2.44. The van der Waals surface area contributed by atoms with Crippen LogP contribution in [0.3, 0.4) is 0 Å². The summed E-state index contributed by atoms with van der Waals surface area (Å²) in [4.78, 5) is 11.4. The highest BCUT2D eigenvalue weighted by molar-refractivity contribution is 7.80. The number of hydrogen-bond donors (Lipinski definition) is 3. The highest BCUT2D eigenvalue weighted by Crippen LogP contribution is 2.04. The molecule has 0 atom stereocenters. The quantitative estimate of drug-likeness (QED) is 0.559. The Morgan fingerprint density at radius 1 is 1.39 bits per heavy atom. The van der Waals surface area contributed by atoms with Gasteiger partial charge in [-0.1, -0.05) is 12.1 Å². The van der Waals surface area contributed by atoms with Crippen molar-refractivity contribution in [1.82, 2.24) is 10.6 Å². The summed E-state index contributed by atoms with van der Waals surface area (Å²) in [5.74, 6) is -0.722. The molecule has 0 saturated heterocycles. The minimum atomic E-state index is -0.394. The van der Waals surface area contributed by atoms with Crippen molar-refractivity contribution in [2.24, 2.45) is 0 Å². The van der Waals surface area contributed by atoms with Gasteiger partial charge in [-0.05, 0) is 36.0 Å². The summed E-state index contributed by atoms with van der Waals surface area (Å²) in [5.41, 5.74) is 0.709. The number of hydrogen-bond acceptors (Lipinski definition) is 3. The van der Waals surface area contributed by atoms with E-state index in [9.17, 15) is 9.18 Å². The molecule has 6 heteroatoms. The maximum absolute atomic E-state index is 12.6. The van der Waals surface area contributed by atoms with Gasteiger partial charge in [-0.3, -0.25) is 10.1 Å². The number of rotatable bonds is 4. The van der Waals surface area contributed by atoms with Crippen molar-refractivity contribution in [3.05, 3.63) is 41.7 Å². The van der Waals surface area contributed by atoms with Crippen LogP contribution in [0.15, 0.2) is 30.3 Å². The number of halogens is 1. The lowest BCUT2D eigenvalue weighted by Gasteiger charge is -2.05. The van der Waals surface area contributed by atoms with E-state index in [1.54, 1.807) is 18.2 Å². The van der Waals surface area contributed by atoms with E-state index < -0.39 is 5.91 Å². The van der Waals surface area contributed by atoms with E-state index >= 15 is 0 Å². The Hall–Kier alpha value is -1.79. The molecule has 1 aromatic carbocycles. The minimum Gasteiger partial charge on any atom is -0.395 e. The summed E-state index contributed by atoms with van der Waals surface area (Å²) in [7, 11) is 0. The molecule has 0 spiro atoms. The van der Waals surface area contributed by atoms with Crippen molar-refractivity contribution < 1.29 is 14.3 Å². The average molecular weight is 268 g/mol. The number of amides is 1. The van der Waals surface area contributed by atoms with Crippen LogP contribution in [0, 0.1) is 5.82 Å². The van der Waals surface area contributed by atoms with Crippen LogP contribution in [0.1, 0.15) is 5.56 Å². The van der Waals surface area contributed by atoms with Gasteiger partial charge in [0.05, 0.1) is 6.61 Å². The highest BCUT2D eigenvalue weighted by atomic mass is 32.1. The summed E-state index contributed by atoms with van der Waals surface area (Å²) < 4.78 is 12.6. The standard InChI is InChI=1S/C12H13FN2O2S/c13-10-4-1-9(2-5-10)3-6-11(17)15-12(18)14-7-8-16/h1-6,16H,7-8H2,(H2,14,15,17,18)/b6-3+. The molecule has 0 unspecified atom stereocenters. The van der Waals surface area contributed by atoms with Crippen molar-refractivity contribution in [3.8, 4) is 0 Å². The molecule has 0 radical (unpaired) electrons. The lowest BCUT2D eigenvalue weighted by molar-refractivity contribution is -0.115. The summed E-state index contributed by atoms with van der Waals surface area (Å²) in [5, 5.41) is 13.7. The van der Waals surface area contributed by atoms with Crippen molar-refractivity contribution in [2.75, 3.05) is 13.2 Å². The molecule has 0 fully saturated rings. The Morgan fingerprint density at radius 3 is 2.67 bits per heavy atom. The monoisotopic (exact) mass is 268 g/mol. The second-order valence-corrected chi connectivity index (χ2v) is 3.76. The molecule has 4 nitrogen and oxygen atoms in total. The largest absolute Gasteiger partial charge is 0.395 e. The fraction of sp³-hybridized carbons (Fsp3) is 0.167. The predicted octanol–water partition coefficient (Wildman–Crippen LogP) is 0.822. The fourth-order valence-electron chi connectivity index (χ4n) is 1.11. The van der Waals surface area contributed by atoms with E-state index in [2.05, 4.69) is 10.6 Å². The average Bonchev–Trinajstić information content (AvgIpc) is 2.35. The van der Waals surface area contributed by atoms with Gasteiger partial charge in [0.2, 0.25) is 5.91 Å². The molecule has 1 amide bonds. The number of benzene rings is 1. The molecule has 0 aliphatic heterocycles. The zero-order valence-corrected chi connectivity index (χ0v) is 10.3. The van der Waals surface area contributed by atoms with Crippen LogP contribution in [0.5, 0.6) is 0 Å². The summed E-state index contributed by atoms with van der Waals surface area (Å²) in [6.07, 6.45) is 2.84. The first-order valence-corrected chi connectivity index (χ1v) is 5.66. The Labute approximate surface area is 110 Å². The van der Waals surface area contributed by atoms with Gasteiger partial charge in [-0.25, -0.2) is 4.39 Å². The van der Waals surface area contributed by atoms with E-state index in [4.69, 9.17) is 17.3 Å². The van der Waals surface area contributed by atoms with Crippen LogP contribution < -0.4 is 10.6 Å². The van der Waals surface area contributed by atoms with Crippen LogP contribution in [-0.2, 0) is 4.79 Å². The van der Waals surface area contributed by atoms with Gasteiger partial charge in [0.25, 0.3) is 0 Å². The first kappa shape index (κ1) is 14.3. The lowest BCUT2D eigenvalue weighted by Crippen LogP contribution is -2.39. The molecule has 3 N–H and O–H groups in total. The molecule has 1 aromatic rings. The van der Waals surface area contributed by atoms with Crippen molar-refractivity contribution in [3.63, 3.8) is 0 Å². The van der Waals surface area contributed by atoms with Crippen LogP contribution in [0.2, 0.25) is 0 Å². The number of carbonyl (C=O) groups is 1. The molecule has 0 bridgehead atoms. The molecule has 0 aliphatic carbocycles. The number of aliphatic hydroxyl groups is 1. The Bertz CT molecular complexity index is 446. The number of thiocarbonyl (C=S) groups is 1. The second-order valence-electron chi connectivity index (χ2n) is 3.35. The maximum Gasteiger partial charge on any atom is 0.250 e. The Kier molecular flexibility index (Phi) is 5.96. The zero-order valence-electron chi connectivity index (χ0n) is 9.52. The molecule has 1 rings (SSSR count). The molecule has 96 valence electrons. The maximum atomic E-state index is 12.6. The molecule has 0 aromatic heterocycles. The van der Waals surface area contributed by atoms with E-state index in [-0.39, 0.29) is 24.1 Å². The normalized spacial score (nSPS) is 10.3. The van der Waals surface area contributed by atoms with Crippen molar-refractivity contribution in [1.29, 1.82) is 0 Å². The molecule has 0 aliphatic rings. The smallest absolute Gasteiger partial charge is 0.250 e. The van der Waals surface area contributed by atoms with Gasteiger partial charge < -0.3 is 10.4 Å². The van der Waals surface area contributed by atoms with Crippen LogP contribution >= 0.6 is 12.2 Å². The van der Waals surface area contributed by atoms with Crippen molar-refractivity contribution in [2.45, 2.75) is 0 Å². The summed E-state index contributed by atoms with van der Waals surface area (Å²) in [6.45, 7) is 0.211. The van der Waals surface area contributed by atoms with Gasteiger partial charge in [-0.2, -0.15) is 0 Å². The van der Waals surface area contributed by atoms with Crippen molar-refractivity contribution >= 4 is 29.3 Å². The fourth-order valence-corrected chi connectivity index (χ4v) is 1.32. The van der Waals surface area contributed by atoms with E-state index in [0.717, 1.165) is 0 Å². The third-order valence-electron chi connectivity index (χ3n) is 1.93. The molecular formula is C12H13FN2O2S. The van der Waals surface area contributed by atoms with Gasteiger partial charge in [0, 0.05) is 12.6 Å². The summed E-state index contributed by atoms with van der Waals surface area (Å²) >= 11 is 4.81. The van der Waals surface area contributed by atoms with Gasteiger partial charge in [0.1, 0.15) is 5.82 Å². The lowest BCUT2D eigenvalue weighted by atomic mass is 10.2. The number of aliphatic hydroxyl groups excluding tert-OH is 1. The summed E-state index contributed by atoms with van der Waals surface area (Å²) in [6, 6.07) is 5.74. The van der Waals surface area contributed by atoms with E-state index in [1.807, 2.05) is 0 Å². The van der Waals surface area contributed by atoms with Gasteiger partial charge >= 0.3 is 0 Å². The predicted molar refractivity (Wildman–Crippen MR) is 71.3 cm³/mol. The van der Waals surface area contributed by atoms with Crippen LogP contribution in [-0.4, -0.2) is 29.3 Å². The van der Waals surface area contributed by atoms with Crippen LogP contribution in [0.25, 0.3) is 6.08 Å². The molecule has 18 heavy (non-hydrogen) atoms. The molecule has 0 heterocycles. The number of carbonyl (C=O) groups excluding carboxylic acids is 1. The van der Waals surface area contributed by atoms with Gasteiger partial charge in [-0.15, -0.1) is 0 Å². The Morgan fingerprint density at radius 2 is 2.06 bits per heavy atom. The van der Waals surface area contributed by atoms with Crippen LogP contribution in [0.4, 0.5) is 4.39 Å². The topological polar surface area (TPSA) is 61.4 Å². The van der Waals surface area contributed by atoms with Gasteiger partial charge in [0.15, 0.2) is 5.11 Å². The number of nitrogens with one attached hydrogen (secondary N) is 2. The first-order chi connectivity index (χ1) is 8.61. The van der Waals surface area contributed by atoms with E-state index in [1.165, 1.54) is 18.2 Å². The zero-order chi connectivity index (χ0) is 13.4. The molecule has 0 saturated carbocycles.